The summed E-state index contributed by atoms with van der Waals surface area (Å²) in [6.45, 7) is 0. The quantitative estimate of drug-likeness (QED) is 0.574. The van der Waals surface area contributed by atoms with E-state index in [4.69, 9.17) is 0 Å². The van der Waals surface area contributed by atoms with Gasteiger partial charge in [-0.3, -0.25) is 0 Å². The van der Waals surface area contributed by atoms with E-state index in [1.54, 1.807) is 10.8 Å². The molecule has 0 aromatic heterocycles. The van der Waals surface area contributed by atoms with Crippen LogP contribution in [0.15, 0.2) is 42.5 Å². The van der Waals surface area contributed by atoms with E-state index in [1.807, 2.05) is 0 Å². The first-order valence-electron chi connectivity index (χ1n) is 4.15. The Kier molecular flexibility index (Phi) is 2.81. The van der Waals surface area contributed by atoms with Crippen molar-refractivity contribution in [3.05, 3.63) is 48.0 Å². The molecule has 0 radical (unpaired) electrons. The molecule has 0 N–H and O–H groups in total. The average molecular weight is 206 g/mol. The zero-order valence-electron chi connectivity index (χ0n) is 7.10. The van der Waals surface area contributed by atoms with Crippen molar-refractivity contribution in [3.8, 4) is 0 Å². The summed E-state index contributed by atoms with van der Waals surface area (Å²) in [5, 5.41) is 2.65. The maximum atomic E-state index is 4.17. The topological polar surface area (TPSA) is 0 Å². The molecule has 0 spiro atoms. The van der Waals surface area contributed by atoms with Gasteiger partial charge in [-0.05, 0) is 16.3 Å². The van der Waals surface area contributed by atoms with Gasteiger partial charge in [0, 0.05) is 5.75 Å². The van der Waals surface area contributed by atoms with Crippen molar-refractivity contribution in [1.29, 1.82) is 0 Å². The summed E-state index contributed by atoms with van der Waals surface area (Å²) < 4.78 is 0. The largest absolute Gasteiger partial charge is 0.111 e. The molecule has 0 amide bonds. The Morgan fingerprint density at radius 1 is 1.00 bits per heavy atom. The van der Waals surface area contributed by atoms with Crippen LogP contribution in [0.25, 0.3) is 10.8 Å². The van der Waals surface area contributed by atoms with Gasteiger partial charge in [-0.15, -0.1) is 11.7 Å². The Morgan fingerprint density at radius 3 is 2.62 bits per heavy atom. The van der Waals surface area contributed by atoms with E-state index >= 15 is 0 Å². The lowest BCUT2D eigenvalue weighted by atomic mass is 10.1. The number of hydrogen-bond donors (Lipinski definition) is 1. The highest BCUT2D eigenvalue weighted by Gasteiger charge is 1.97. The van der Waals surface area contributed by atoms with Crippen LogP contribution in [0.3, 0.4) is 0 Å². The fourth-order valence-corrected chi connectivity index (χ4v) is 2.30. The first-order valence-corrected chi connectivity index (χ1v) is 6.18. The van der Waals surface area contributed by atoms with Crippen molar-refractivity contribution in [2.75, 3.05) is 0 Å². The molecule has 0 aliphatic rings. The van der Waals surface area contributed by atoms with Crippen molar-refractivity contribution in [3.63, 3.8) is 0 Å². The summed E-state index contributed by atoms with van der Waals surface area (Å²) >= 11 is 4.17. The Hall–Kier alpha value is -0.600. The van der Waals surface area contributed by atoms with E-state index < -0.39 is 0 Å². The molecule has 0 nitrogen and oxygen atoms in total. The van der Waals surface area contributed by atoms with E-state index in [9.17, 15) is 0 Å². The van der Waals surface area contributed by atoms with Crippen molar-refractivity contribution in [2.24, 2.45) is 0 Å². The minimum atomic E-state index is 0.963. The van der Waals surface area contributed by atoms with Crippen molar-refractivity contribution >= 4 is 33.2 Å². The zero-order valence-corrected chi connectivity index (χ0v) is 8.81. The van der Waals surface area contributed by atoms with Crippen LogP contribution in [0.4, 0.5) is 0 Å². The van der Waals surface area contributed by atoms with Crippen molar-refractivity contribution in [1.82, 2.24) is 0 Å². The lowest BCUT2D eigenvalue weighted by molar-refractivity contribution is 1.48. The lowest BCUT2D eigenvalue weighted by Gasteiger charge is -2.03. The Balaban J connectivity index is 2.61. The number of benzene rings is 2. The molecule has 2 aromatic carbocycles. The van der Waals surface area contributed by atoms with Gasteiger partial charge in [0.1, 0.15) is 0 Å². The molecule has 0 fully saturated rings. The van der Waals surface area contributed by atoms with Crippen LogP contribution in [-0.4, -0.2) is 0 Å². The highest BCUT2D eigenvalue weighted by atomic mass is 33.1. The van der Waals surface area contributed by atoms with Crippen molar-refractivity contribution in [2.45, 2.75) is 5.75 Å². The van der Waals surface area contributed by atoms with Gasteiger partial charge in [0.2, 0.25) is 0 Å². The molecule has 0 saturated carbocycles. The molecule has 0 heterocycles. The maximum absolute atomic E-state index is 4.17. The monoisotopic (exact) mass is 206 g/mol. The first kappa shape index (κ1) is 8.97. The van der Waals surface area contributed by atoms with Crippen LogP contribution in [0, 0.1) is 0 Å². The molecule has 2 aromatic rings. The van der Waals surface area contributed by atoms with Crippen molar-refractivity contribution < 1.29 is 0 Å². The van der Waals surface area contributed by atoms with E-state index in [-0.39, 0.29) is 0 Å². The Morgan fingerprint density at radius 2 is 1.77 bits per heavy atom. The summed E-state index contributed by atoms with van der Waals surface area (Å²) in [6.07, 6.45) is 0. The fourth-order valence-electron chi connectivity index (χ4n) is 1.49. The highest BCUT2D eigenvalue weighted by molar-refractivity contribution is 8.68. The maximum Gasteiger partial charge on any atom is 0.0292 e. The van der Waals surface area contributed by atoms with Gasteiger partial charge < -0.3 is 0 Å². The summed E-state index contributed by atoms with van der Waals surface area (Å²) in [7, 11) is 1.56. The molecule has 0 aliphatic carbocycles. The second-order valence-corrected chi connectivity index (χ2v) is 4.23. The van der Waals surface area contributed by atoms with Gasteiger partial charge >= 0.3 is 0 Å². The van der Waals surface area contributed by atoms with E-state index in [0.717, 1.165) is 5.75 Å². The molecular formula is C11H10S2. The third kappa shape index (κ3) is 1.84. The molecule has 13 heavy (non-hydrogen) atoms. The molecule has 0 unspecified atom stereocenters. The number of rotatable bonds is 2. The second-order valence-electron chi connectivity index (χ2n) is 2.91. The predicted octanol–water partition coefficient (Wildman–Crippen LogP) is 3.92. The summed E-state index contributed by atoms with van der Waals surface area (Å²) in [4.78, 5) is 0. The van der Waals surface area contributed by atoms with Crippen LogP contribution in [-0.2, 0) is 5.75 Å². The minimum Gasteiger partial charge on any atom is -0.111 e. The van der Waals surface area contributed by atoms with E-state index in [0.29, 0.717) is 0 Å². The first-order chi connectivity index (χ1) is 6.42. The van der Waals surface area contributed by atoms with Gasteiger partial charge in [-0.1, -0.05) is 53.3 Å². The van der Waals surface area contributed by atoms with Gasteiger partial charge in [0.05, 0.1) is 0 Å². The van der Waals surface area contributed by atoms with Gasteiger partial charge in [-0.2, -0.15) is 0 Å². The van der Waals surface area contributed by atoms with Crippen LogP contribution < -0.4 is 0 Å². The molecular weight excluding hydrogens is 196 g/mol. The molecule has 2 heteroatoms. The molecule has 0 bridgehead atoms. The van der Waals surface area contributed by atoms with Gasteiger partial charge in [-0.25, -0.2) is 0 Å². The molecule has 2 rings (SSSR count). The lowest BCUT2D eigenvalue weighted by Crippen LogP contribution is -1.81. The van der Waals surface area contributed by atoms with Crippen LogP contribution in [0.2, 0.25) is 0 Å². The summed E-state index contributed by atoms with van der Waals surface area (Å²) in [6, 6.07) is 14.8. The standard InChI is InChI=1S/C11H10S2/c12-13-8-10-6-3-5-9-4-1-2-7-11(9)10/h1-7,12H,8H2. The number of thiol groups is 1. The van der Waals surface area contributed by atoms with Crippen LogP contribution in [0.1, 0.15) is 5.56 Å². The molecule has 0 aliphatic heterocycles. The minimum absolute atomic E-state index is 0.963. The van der Waals surface area contributed by atoms with E-state index in [2.05, 4.69) is 54.1 Å². The average Bonchev–Trinajstić information content (AvgIpc) is 2.19. The van der Waals surface area contributed by atoms with Gasteiger partial charge in [0.15, 0.2) is 0 Å². The molecule has 0 saturated heterocycles. The normalized spacial score (nSPS) is 10.5. The summed E-state index contributed by atoms with van der Waals surface area (Å²) in [5.74, 6) is 0.963. The van der Waals surface area contributed by atoms with Crippen LogP contribution >= 0.6 is 22.5 Å². The zero-order chi connectivity index (χ0) is 9.10. The highest BCUT2D eigenvalue weighted by Crippen LogP contribution is 2.23. The number of fused-ring (bicyclic) bond motifs is 1. The smallest absolute Gasteiger partial charge is 0.0292 e. The fraction of sp³-hybridized carbons (Fsp3) is 0.0909. The van der Waals surface area contributed by atoms with E-state index in [1.165, 1.54) is 16.3 Å². The predicted molar refractivity (Wildman–Crippen MR) is 64.2 cm³/mol. The Labute approximate surface area is 87.2 Å². The van der Waals surface area contributed by atoms with Gasteiger partial charge in [0.25, 0.3) is 0 Å². The SMILES string of the molecule is SSCc1cccc2ccccc12. The third-order valence-electron chi connectivity index (χ3n) is 2.10. The molecule has 66 valence electrons. The summed E-state index contributed by atoms with van der Waals surface area (Å²) in [5.41, 5.74) is 1.36. The van der Waals surface area contributed by atoms with Crippen LogP contribution in [0.5, 0.6) is 0 Å². The molecule has 0 atom stereocenters. The Bertz CT molecular complexity index is 404. The third-order valence-corrected chi connectivity index (χ3v) is 2.93. The second kappa shape index (κ2) is 4.07. The number of hydrogen-bond acceptors (Lipinski definition) is 2.